The van der Waals surface area contributed by atoms with Crippen molar-refractivity contribution >= 4 is 56.5 Å². The number of anilines is 1. The summed E-state index contributed by atoms with van der Waals surface area (Å²) < 4.78 is 1.86. The van der Waals surface area contributed by atoms with Crippen molar-refractivity contribution in [2.45, 2.75) is 26.7 Å². The zero-order valence-corrected chi connectivity index (χ0v) is 19.0. The maximum absolute atomic E-state index is 12.9. The van der Waals surface area contributed by atoms with Gasteiger partial charge in [-0.25, -0.2) is 9.67 Å². The van der Waals surface area contributed by atoms with Crippen molar-refractivity contribution in [2.75, 3.05) is 5.32 Å². The Morgan fingerprint density at radius 1 is 1.21 bits per heavy atom. The molecule has 0 aliphatic carbocycles. The number of aromatic nitrogens is 3. The lowest BCUT2D eigenvalue weighted by Gasteiger charge is -2.16. The van der Waals surface area contributed by atoms with Crippen LogP contribution in [0.5, 0.6) is 0 Å². The van der Waals surface area contributed by atoms with Crippen LogP contribution < -0.4 is 10.6 Å². The molecule has 0 radical (unpaired) electrons. The maximum atomic E-state index is 12.9. The predicted molar refractivity (Wildman–Crippen MR) is 123 cm³/mol. The zero-order chi connectivity index (χ0) is 21.0. The summed E-state index contributed by atoms with van der Waals surface area (Å²) in [5, 5.41) is 10.8. The van der Waals surface area contributed by atoms with Crippen LogP contribution in [0.2, 0.25) is 5.02 Å². The van der Waals surface area contributed by atoms with Crippen molar-refractivity contribution in [3.05, 3.63) is 69.0 Å². The van der Waals surface area contributed by atoms with Crippen LogP contribution in [-0.2, 0) is 12.8 Å². The quantitative estimate of drug-likeness (QED) is 0.494. The first-order chi connectivity index (χ1) is 13.9. The third kappa shape index (κ3) is 4.83. The molecule has 1 amide bonds. The van der Waals surface area contributed by atoms with E-state index in [0.29, 0.717) is 15.4 Å². The molecule has 2 heterocycles. The van der Waals surface area contributed by atoms with Crippen molar-refractivity contribution in [1.29, 1.82) is 0 Å². The number of carbonyl (C=O) groups is 1. The molecule has 3 rings (SSSR count). The summed E-state index contributed by atoms with van der Waals surface area (Å²) >= 11 is 14.9. The average Bonchev–Trinajstić information content (AvgIpc) is 3.10. The minimum Gasteiger partial charge on any atom is -0.332 e. The SMILES string of the molecule is CCc1cccc(CC)c1NC(=S)NC(=O)c1cc(Br)nn1-c1ncccc1Cl. The fourth-order valence-electron chi connectivity index (χ4n) is 2.92. The summed E-state index contributed by atoms with van der Waals surface area (Å²) in [5.41, 5.74) is 3.45. The molecular weight excluding hydrogens is 474 g/mol. The minimum atomic E-state index is -0.422. The second-order valence-electron chi connectivity index (χ2n) is 6.14. The molecule has 2 N–H and O–H groups in total. The summed E-state index contributed by atoms with van der Waals surface area (Å²) in [6.07, 6.45) is 3.29. The van der Waals surface area contributed by atoms with E-state index in [9.17, 15) is 4.79 Å². The Morgan fingerprint density at radius 2 is 1.90 bits per heavy atom. The highest BCUT2D eigenvalue weighted by Crippen LogP contribution is 2.23. The Bertz CT molecular complexity index is 1050. The summed E-state index contributed by atoms with van der Waals surface area (Å²) in [6, 6.07) is 11.1. The molecule has 0 saturated carbocycles. The topological polar surface area (TPSA) is 71.8 Å². The first-order valence-electron chi connectivity index (χ1n) is 9.04. The van der Waals surface area contributed by atoms with Crippen molar-refractivity contribution in [3.8, 4) is 5.82 Å². The lowest BCUT2D eigenvalue weighted by molar-refractivity contribution is 0.0970. The number of aryl methyl sites for hydroxylation is 2. The van der Waals surface area contributed by atoms with Gasteiger partial charge in [0.05, 0.1) is 5.02 Å². The molecule has 9 heteroatoms. The molecule has 1 aromatic carbocycles. The Balaban J connectivity index is 1.84. The molecule has 0 bridgehead atoms. The van der Waals surface area contributed by atoms with Gasteiger partial charge in [-0.15, -0.1) is 0 Å². The predicted octanol–water partition coefficient (Wildman–Crippen LogP) is 4.93. The number of thiocarbonyl (C=S) groups is 1. The van der Waals surface area contributed by atoms with Gasteiger partial charge in [-0.2, -0.15) is 5.10 Å². The number of carbonyl (C=O) groups excluding carboxylic acids is 1. The first-order valence-corrected chi connectivity index (χ1v) is 10.6. The summed E-state index contributed by atoms with van der Waals surface area (Å²) in [7, 11) is 0. The van der Waals surface area contributed by atoms with Gasteiger partial charge in [-0.3, -0.25) is 10.1 Å². The average molecular weight is 493 g/mol. The van der Waals surface area contributed by atoms with E-state index in [2.05, 4.69) is 50.5 Å². The van der Waals surface area contributed by atoms with E-state index < -0.39 is 5.91 Å². The lowest BCUT2D eigenvalue weighted by atomic mass is 10.0. The van der Waals surface area contributed by atoms with Gasteiger partial charge in [0, 0.05) is 18.0 Å². The number of hydrogen-bond donors (Lipinski definition) is 2. The van der Waals surface area contributed by atoms with Gasteiger partial charge in [-0.1, -0.05) is 43.6 Å². The van der Waals surface area contributed by atoms with Gasteiger partial charge in [-0.05, 0) is 64.2 Å². The smallest absolute Gasteiger partial charge is 0.276 e. The van der Waals surface area contributed by atoms with Crippen LogP contribution in [0, 0.1) is 0 Å². The number of halogens is 2. The highest BCUT2D eigenvalue weighted by molar-refractivity contribution is 9.10. The fourth-order valence-corrected chi connectivity index (χ4v) is 3.70. The van der Waals surface area contributed by atoms with E-state index in [1.165, 1.54) is 4.68 Å². The summed E-state index contributed by atoms with van der Waals surface area (Å²) in [6.45, 7) is 4.16. The Hall–Kier alpha value is -2.29. The molecule has 29 heavy (non-hydrogen) atoms. The molecule has 0 aliphatic heterocycles. The van der Waals surface area contributed by atoms with Crippen molar-refractivity contribution < 1.29 is 4.79 Å². The number of rotatable bonds is 5. The standard InChI is InChI=1S/C20H19BrClN5OS/c1-3-12-7-5-8-13(4-2)17(12)24-20(29)25-19(28)15-11-16(21)26-27(15)18-14(22)9-6-10-23-18/h5-11H,3-4H2,1-2H3,(H2,24,25,28,29). The molecule has 2 aromatic heterocycles. The number of nitrogens with one attached hydrogen (secondary N) is 2. The normalized spacial score (nSPS) is 10.6. The number of nitrogens with zero attached hydrogens (tertiary/aromatic N) is 3. The second-order valence-corrected chi connectivity index (χ2v) is 7.77. The molecule has 0 atom stereocenters. The fraction of sp³-hybridized carbons (Fsp3) is 0.200. The van der Waals surface area contributed by atoms with Crippen molar-refractivity contribution in [3.63, 3.8) is 0 Å². The zero-order valence-electron chi connectivity index (χ0n) is 15.9. The van der Waals surface area contributed by atoms with Gasteiger partial charge in [0.1, 0.15) is 10.3 Å². The van der Waals surface area contributed by atoms with Gasteiger partial charge in [0.15, 0.2) is 10.9 Å². The van der Waals surface area contributed by atoms with E-state index in [0.717, 1.165) is 29.7 Å². The summed E-state index contributed by atoms with van der Waals surface area (Å²) in [5.74, 6) is -0.0667. The largest absolute Gasteiger partial charge is 0.332 e. The maximum Gasteiger partial charge on any atom is 0.276 e. The van der Waals surface area contributed by atoms with E-state index in [-0.39, 0.29) is 10.8 Å². The molecule has 0 aliphatic rings. The van der Waals surface area contributed by atoms with Gasteiger partial charge in [0.2, 0.25) is 0 Å². The number of para-hydroxylation sites is 1. The molecule has 0 saturated heterocycles. The number of benzene rings is 1. The minimum absolute atomic E-state index is 0.210. The third-order valence-electron chi connectivity index (χ3n) is 4.32. The van der Waals surface area contributed by atoms with Crippen LogP contribution in [0.4, 0.5) is 5.69 Å². The molecule has 3 aromatic rings. The van der Waals surface area contributed by atoms with Crippen LogP contribution in [0.15, 0.2) is 47.2 Å². The number of hydrogen-bond acceptors (Lipinski definition) is 4. The highest BCUT2D eigenvalue weighted by atomic mass is 79.9. The lowest BCUT2D eigenvalue weighted by Crippen LogP contribution is -2.35. The second kappa shape index (κ2) is 9.47. The molecule has 150 valence electrons. The Morgan fingerprint density at radius 3 is 2.52 bits per heavy atom. The van der Waals surface area contributed by atoms with Crippen LogP contribution in [0.25, 0.3) is 5.82 Å². The molecule has 0 fully saturated rings. The van der Waals surface area contributed by atoms with Gasteiger partial charge >= 0.3 is 0 Å². The van der Waals surface area contributed by atoms with E-state index in [1.807, 2.05) is 18.2 Å². The van der Waals surface area contributed by atoms with Crippen LogP contribution in [-0.4, -0.2) is 25.8 Å². The van der Waals surface area contributed by atoms with Crippen molar-refractivity contribution in [2.24, 2.45) is 0 Å². The van der Waals surface area contributed by atoms with Crippen molar-refractivity contribution in [1.82, 2.24) is 20.1 Å². The van der Waals surface area contributed by atoms with E-state index in [1.54, 1.807) is 24.4 Å². The van der Waals surface area contributed by atoms with E-state index >= 15 is 0 Å². The number of amides is 1. The summed E-state index contributed by atoms with van der Waals surface area (Å²) in [4.78, 5) is 17.1. The van der Waals surface area contributed by atoms with Crippen LogP contribution in [0.1, 0.15) is 35.5 Å². The molecule has 0 unspecified atom stereocenters. The Kier molecular flexibility index (Phi) is 7.00. The monoisotopic (exact) mass is 491 g/mol. The number of pyridine rings is 1. The highest BCUT2D eigenvalue weighted by Gasteiger charge is 2.20. The molecule has 0 spiro atoms. The third-order valence-corrected chi connectivity index (χ3v) is 5.20. The van der Waals surface area contributed by atoms with Crippen LogP contribution >= 0.6 is 39.7 Å². The first kappa shape index (κ1) is 21.4. The molecular formula is C20H19BrClN5OS. The van der Waals surface area contributed by atoms with Gasteiger partial charge < -0.3 is 5.32 Å². The Labute approximate surface area is 187 Å². The van der Waals surface area contributed by atoms with E-state index in [4.69, 9.17) is 23.8 Å². The van der Waals surface area contributed by atoms with Crippen LogP contribution in [0.3, 0.4) is 0 Å². The van der Waals surface area contributed by atoms with Gasteiger partial charge in [0.25, 0.3) is 5.91 Å². The molecule has 6 nitrogen and oxygen atoms in total.